The third-order valence-electron chi connectivity index (χ3n) is 9.12. The number of nitrogens with zero attached hydrogens (tertiary/aromatic N) is 3. The van der Waals surface area contributed by atoms with Gasteiger partial charge in [-0.05, 0) is 63.3 Å². The van der Waals surface area contributed by atoms with Gasteiger partial charge in [0.15, 0.2) is 11.8 Å². The van der Waals surface area contributed by atoms with Crippen LogP contribution in [0.1, 0.15) is 88.0 Å². The van der Waals surface area contributed by atoms with Crippen molar-refractivity contribution in [3.8, 4) is 0 Å². The summed E-state index contributed by atoms with van der Waals surface area (Å²) in [6, 6.07) is -7.40. The molecule has 0 radical (unpaired) electrons. The molecule has 1 unspecified atom stereocenters. The lowest BCUT2D eigenvalue weighted by Crippen LogP contribution is -2.64. The van der Waals surface area contributed by atoms with E-state index in [4.69, 9.17) is 5.73 Å². The number of hydrogen-bond donors (Lipinski definition) is 5. The molecular formula is C36H66N6O8. The summed E-state index contributed by atoms with van der Waals surface area (Å²) in [6.07, 6.45) is 3.51. The number of likely N-dealkylation sites (N-methyl/N-ethyl adjacent to an activating group) is 4. The van der Waals surface area contributed by atoms with E-state index < -0.39 is 83.7 Å². The minimum Gasteiger partial charge on any atom is -0.480 e. The summed E-state index contributed by atoms with van der Waals surface area (Å²) >= 11 is 0. The number of nitrogens with one attached hydrogen (secondary N) is 2. The Morgan fingerprint density at radius 2 is 1.28 bits per heavy atom. The second kappa shape index (κ2) is 21.8. The summed E-state index contributed by atoms with van der Waals surface area (Å²) in [5, 5.41) is 26.6. The minimum atomic E-state index is -1.74. The number of carboxylic acids is 1. The number of nitrogens with two attached hydrogens (primary N) is 1. The van der Waals surface area contributed by atoms with E-state index in [-0.39, 0.29) is 37.0 Å². The molecule has 0 saturated carbocycles. The molecule has 4 amide bonds. The highest BCUT2D eigenvalue weighted by atomic mass is 16.4. The number of aliphatic hydroxyl groups is 1. The molecule has 0 heterocycles. The van der Waals surface area contributed by atoms with Crippen molar-refractivity contribution < 1.29 is 39.0 Å². The van der Waals surface area contributed by atoms with Crippen molar-refractivity contribution in [3.63, 3.8) is 0 Å². The predicted molar refractivity (Wildman–Crippen MR) is 194 cm³/mol. The van der Waals surface area contributed by atoms with Crippen molar-refractivity contribution in [1.82, 2.24) is 25.3 Å². The molecule has 50 heavy (non-hydrogen) atoms. The van der Waals surface area contributed by atoms with Gasteiger partial charge in [-0.1, -0.05) is 67.5 Å². The average Bonchev–Trinajstić information content (AvgIpc) is 3.05. The molecule has 0 aromatic rings. The number of allylic oxidation sites excluding steroid dienone is 2. The van der Waals surface area contributed by atoms with Crippen LogP contribution in [0.4, 0.5) is 0 Å². The Hall–Kier alpha value is -3.36. The SMILES string of the molecule is C/C=C/C[C@@H](C)[C@@H](O)C(NC)C(=O)[C@@H](C(=O)N(C)[C@@H](CC(C)C)C(=O)N[C@H](C(=O)N(C)[C@@H](CC(C)C)C(=O)O)C(C)C)N(C)C(=O)[C@@H](N)CC. The molecule has 0 aliphatic heterocycles. The number of carbonyl (C=O) groups is 6. The van der Waals surface area contributed by atoms with Crippen molar-refractivity contribution in [2.45, 2.75) is 130 Å². The van der Waals surface area contributed by atoms with Crippen LogP contribution in [-0.2, 0) is 28.8 Å². The molecule has 0 aliphatic carbocycles. The van der Waals surface area contributed by atoms with Gasteiger partial charge in [0.1, 0.15) is 18.1 Å². The number of aliphatic carboxylic acids is 1. The number of hydrogen-bond acceptors (Lipinski definition) is 9. The number of amides is 4. The highest BCUT2D eigenvalue weighted by Crippen LogP contribution is 2.21. The number of ketones is 1. The van der Waals surface area contributed by atoms with Gasteiger partial charge in [0.05, 0.1) is 18.2 Å². The predicted octanol–water partition coefficient (Wildman–Crippen LogP) is 1.64. The summed E-state index contributed by atoms with van der Waals surface area (Å²) in [5.41, 5.74) is 6.04. The van der Waals surface area contributed by atoms with E-state index in [1.165, 1.54) is 28.2 Å². The topological polar surface area (TPSA) is 203 Å². The first kappa shape index (κ1) is 46.6. The lowest BCUT2D eigenvalue weighted by atomic mass is 9.88. The van der Waals surface area contributed by atoms with Crippen LogP contribution in [0.3, 0.4) is 0 Å². The molecule has 0 aromatic heterocycles. The van der Waals surface area contributed by atoms with Crippen molar-refractivity contribution in [1.29, 1.82) is 0 Å². The molecule has 0 saturated heterocycles. The van der Waals surface area contributed by atoms with Crippen LogP contribution in [-0.4, -0.2) is 131 Å². The first-order valence-electron chi connectivity index (χ1n) is 17.7. The van der Waals surface area contributed by atoms with Crippen molar-refractivity contribution >= 4 is 35.4 Å². The van der Waals surface area contributed by atoms with Gasteiger partial charge in [-0.15, -0.1) is 0 Å². The van der Waals surface area contributed by atoms with Crippen LogP contribution >= 0.6 is 0 Å². The number of carboxylic acid groups (broad SMARTS) is 1. The summed E-state index contributed by atoms with van der Waals surface area (Å²) in [4.78, 5) is 85.0. The Morgan fingerprint density at radius 1 is 0.780 bits per heavy atom. The van der Waals surface area contributed by atoms with E-state index in [1.54, 1.807) is 27.7 Å². The number of carbonyl (C=O) groups excluding carboxylic acids is 5. The van der Waals surface area contributed by atoms with Crippen LogP contribution in [0.2, 0.25) is 0 Å². The molecule has 14 heteroatoms. The maximum atomic E-state index is 14.4. The van der Waals surface area contributed by atoms with Gasteiger partial charge < -0.3 is 41.3 Å². The molecule has 0 rings (SSSR count). The Morgan fingerprint density at radius 3 is 1.70 bits per heavy atom. The Bertz CT molecular complexity index is 1180. The fourth-order valence-corrected chi connectivity index (χ4v) is 5.75. The van der Waals surface area contributed by atoms with Gasteiger partial charge in [-0.25, -0.2) is 4.79 Å². The first-order valence-corrected chi connectivity index (χ1v) is 17.7. The molecule has 0 spiro atoms. The van der Waals surface area contributed by atoms with Crippen LogP contribution < -0.4 is 16.4 Å². The summed E-state index contributed by atoms with van der Waals surface area (Å²) in [7, 11) is 5.52. The van der Waals surface area contributed by atoms with Crippen LogP contribution in [0, 0.1) is 23.7 Å². The molecule has 288 valence electrons. The van der Waals surface area contributed by atoms with E-state index in [0.29, 0.717) is 6.42 Å². The Kier molecular flexibility index (Phi) is 20.3. The third-order valence-corrected chi connectivity index (χ3v) is 9.12. The minimum absolute atomic E-state index is 0.0129. The molecule has 0 bridgehead atoms. The van der Waals surface area contributed by atoms with Gasteiger partial charge in [0.2, 0.25) is 17.7 Å². The summed E-state index contributed by atoms with van der Waals surface area (Å²) in [6.45, 7) is 16.1. The molecular weight excluding hydrogens is 644 g/mol. The first-order chi connectivity index (χ1) is 23.1. The molecule has 0 aliphatic rings. The largest absolute Gasteiger partial charge is 0.480 e. The van der Waals surface area contributed by atoms with Crippen LogP contribution in [0.5, 0.6) is 0 Å². The maximum absolute atomic E-state index is 14.4. The van der Waals surface area contributed by atoms with E-state index >= 15 is 0 Å². The van der Waals surface area contributed by atoms with Crippen LogP contribution in [0.25, 0.3) is 0 Å². The van der Waals surface area contributed by atoms with E-state index in [9.17, 15) is 39.0 Å². The van der Waals surface area contributed by atoms with Crippen molar-refractivity contribution in [2.75, 3.05) is 28.2 Å². The molecule has 8 atom stereocenters. The van der Waals surface area contributed by atoms with Gasteiger partial charge in [0, 0.05) is 21.1 Å². The highest BCUT2D eigenvalue weighted by Gasteiger charge is 2.45. The van der Waals surface area contributed by atoms with E-state index in [2.05, 4.69) is 10.6 Å². The van der Waals surface area contributed by atoms with E-state index in [0.717, 1.165) is 14.7 Å². The normalized spacial score (nSPS) is 16.7. The van der Waals surface area contributed by atoms with Gasteiger partial charge in [-0.2, -0.15) is 0 Å². The number of Topliss-reactive ketones (excluding diaryl/α,β-unsaturated/α-hetero) is 1. The second-order valence-corrected chi connectivity index (χ2v) is 14.6. The second-order valence-electron chi connectivity index (χ2n) is 14.6. The lowest BCUT2D eigenvalue weighted by molar-refractivity contribution is -0.155. The average molecular weight is 711 g/mol. The monoisotopic (exact) mass is 710 g/mol. The smallest absolute Gasteiger partial charge is 0.326 e. The van der Waals surface area contributed by atoms with Gasteiger partial charge >= 0.3 is 5.97 Å². The van der Waals surface area contributed by atoms with Gasteiger partial charge in [-0.3, -0.25) is 24.0 Å². The fraction of sp³-hybridized carbons (Fsp3) is 0.778. The standard InChI is InChI=1S/C36H66N6O8/c1-14-16-17-23(9)30(43)28(38-10)31(44)29(42(13)33(46)24(37)15-2)35(48)40(11)25(18-20(3)4)32(45)39-27(22(7)8)34(47)41(12)26(36(49)50)19-21(5)6/h14,16,20-30,38,43H,15,17-19,37H2,1-13H3,(H,39,45)(H,49,50)/b16-14+/t23-,24+,25+,26+,27+,28?,29+,30-/m1/s1. The molecule has 0 fully saturated rings. The third kappa shape index (κ3) is 13.1. The summed E-state index contributed by atoms with van der Waals surface area (Å²) in [5.74, 6) is -5.70. The maximum Gasteiger partial charge on any atom is 0.326 e. The number of rotatable bonds is 22. The zero-order valence-electron chi connectivity index (χ0n) is 32.6. The highest BCUT2D eigenvalue weighted by molar-refractivity contribution is 6.11. The fourth-order valence-electron chi connectivity index (χ4n) is 5.75. The number of aliphatic hydroxyl groups excluding tert-OH is 1. The van der Waals surface area contributed by atoms with Gasteiger partial charge in [0.25, 0.3) is 5.91 Å². The molecule has 14 nitrogen and oxygen atoms in total. The van der Waals surface area contributed by atoms with E-state index in [1.807, 2.05) is 46.8 Å². The Balaban J connectivity index is 6.87. The Labute approximate surface area is 299 Å². The van der Waals surface area contributed by atoms with Crippen LogP contribution in [0.15, 0.2) is 12.2 Å². The summed E-state index contributed by atoms with van der Waals surface area (Å²) < 4.78 is 0. The van der Waals surface area contributed by atoms with Crippen molar-refractivity contribution in [2.24, 2.45) is 29.4 Å². The molecule has 0 aromatic carbocycles. The molecule has 6 N–H and O–H groups in total. The quantitative estimate of drug-likeness (QED) is 0.0812. The lowest BCUT2D eigenvalue weighted by Gasteiger charge is -2.38. The zero-order chi connectivity index (χ0) is 39.2. The zero-order valence-corrected chi connectivity index (χ0v) is 32.6. The van der Waals surface area contributed by atoms with Crippen molar-refractivity contribution in [3.05, 3.63) is 12.2 Å².